The van der Waals surface area contributed by atoms with E-state index < -0.39 is 0 Å². The van der Waals surface area contributed by atoms with E-state index in [1.165, 1.54) is 0 Å². The van der Waals surface area contributed by atoms with Gasteiger partial charge in [-0.05, 0) is 18.2 Å². The maximum Gasteiger partial charge on any atom is 0.330 e. The van der Waals surface area contributed by atoms with Crippen LogP contribution < -0.4 is 10.2 Å². The Morgan fingerprint density at radius 2 is 2.32 bits per heavy atom. The minimum atomic E-state index is -0.0750. The summed E-state index contributed by atoms with van der Waals surface area (Å²) in [6.07, 6.45) is 2.12. The summed E-state index contributed by atoms with van der Waals surface area (Å²) < 4.78 is 0. The van der Waals surface area contributed by atoms with E-state index in [9.17, 15) is 9.59 Å². The lowest BCUT2D eigenvalue weighted by atomic mass is 10.1. The van der Waals surface area contributed by atoms with E-state index in [1.54, 1.807) is 28.9 Å². The van der Waals surface area contributed by atoms with Crippen LogP contribution in [0, 0.1) is 0 Å². The summed E-state index contributed by atoms with van der Waals surface area (Å²) in [5, 5.41) is 2.84. The highest BCUT2D eigenvalue weighted by Crippen LogP contribution is 2.32. The number of nitrogens with one attached hydrogen (secondary N) is 1. The van der Waals surface area contributed by atoms with E-state index in [-0.39, 0.29) is 11.9 Å². The number of carbonyl (C=O) groups is 2. The van der Waals surface area contributed by atoms with Gasteiger partial charge in [0.1, 0.15) is 5.84 Å². The van der Waals surface area contributed by atoms with Crippen LogP contribution in [0.4, 0.5) is 16.2 Å². The van der Waals surface area contributed by atoms with Gasteiger partial charge in [0.2, 0.25) is 5.91 Å². The molecular formula is C16H18N4O2. The molecule has 1 aromatic rings. The van der Waals surface area contributed by atoms with Crippen molar-refractivity contribution in [3.8, 4) is 0 Å². The third-order valence-corrected chi connectivity index (χ3v) is 3.75. The van der Waals surface area contributed by atoms with Crippen LogP contribution in [0.3, 0.4) is 0 Å². The molecule has 1 N–H and O–H groups in total. The summed E-state index contributed by atoms with van der Waals surface area (Å²) in [7, 11) is 0. The SMILES string of the molecule is C=CCN1C(=O)N2CCN=C2c2cc(NC(=O)CC)ccc21. The van der Waals surface area contributed by atoms with Crippen molar-refractivity contribution < 1.29 is 9.59 Å². The van der Waals surface area contributed by atoms with Crippen LogP contribution in [0.2, 0.25) is 0 Å². The number of amides is 3. The van der Waals surface area contributed by atoms with Crippen molar-refractivity contribution >= 4 is 29.1 Å². The molecule has 6 heteroatoms. The molecule has 1 aromatic carbocycles. The van der Waals surface area contributed by atoms with Crippen LogP contribution >= 0.6 is 0 Å². The first-order chi connectivity index (χ1) is 10.7. The molecule has 2 aliphatic heterocycles. The summed E-state index contributed by atoms with van der Waals surface area (Å²) in [5.41, 5.74) is 2.39. The zero-order valence-corrected chi connectivity index (χ0v) is 12.5. The maximum absolute atomic E-state index is 12.5. The lowest BCUT2D eigenvalue weighted by Crippen LogP contribution is -2.49. The molecule has 0 bridgehead atoms. The molecule has 0 unspecified atom stereocenters. The number of benzene rings is 1. The number of fused-ring (bicyclic) bond motifs is 3. The zero-order valence-electron chi connectivity index (χ0n) is 12.5. The van der Waals surface area contributed by atoms with Gasteiger partial charge >= 0.3 is 6.03 Å². The average molecular weight is 298 g/mol. The number of carbonyl (C=O) groups excluding carboxylic acids is 2. The van der Waals surface area contributed by atoms with Crippen LogP contribution in [-0.4, -0.2) is 42.3 Å². The second-order valence-corrected chi connectivity index (χ2v) is 5.17. The molecule has 0 saturated heterocycles. The minimum absolute atomic E-state index is 0.0417. The molecule has 2 aliphatic rings. The second kappa shape index (κ2) is 5.63. The normalized spacial score (nSPS) is 16.0. The van der Waals surface area contributed by atoms with Gasteiger partial charge in [-0.25, -0.2) is 4.79 Å². The minimum Gasteiger partial charge on any atom is -0.326 e. The number of urea groups is 1. The van der Waals surface area contributed by atoms with Gasteiger partial charge in [0.25, 0.3) is 0 Å². The lowest BCUT2D eigenvalue weighted by molar-refractivity contribution is -0.115. The van der Waals surface area contributed by atoms with Crippen LogP contribution in [0.5, 0.6) is 0 Å². The van der Waals surface area contributed by atoms with E-state index in [0.717, 1.165) is 11.3 Å². The molecule has 0 atom stereocenters. The fourth-order valence-corrected chi connectivity index (χ4v) is 2.70. The number of rotatable bonds is 4. The number of aliphatic imine (C=N–C) groups is 1. The van der Waals surface area contributed by atoms with Gasteiger partial charge < -0.3 is 5.32 Å². The Morgan fingerprint density at radius 1 is 1.50 bits per heavy atom. The fraction of sp³-hybridized carbons (Fsp3) is 0.312. The van der Waals surface area contributed by atoms with Crippen molar-refractivity contribution in [2.45, 2.75) is 13.3 Å². The highest BCUT2D eigenvalue weighted by Gasteiger charge is 2.36. The van der Waals surface area contributed by atoms with Gasteiger partial charge in [0.15, 0.2) is 0 Å². The Kier molecular flexibility index (Phi) is 3.66. The van der Waals surface area contributed by atoms with E-state index >= 15 is 0 Å². The smallest absolute Gasteiger partial charge is 0.326 e. The van der Waals surface area contributed by atoms with Crippen molar-refractivity contribution in [2.24, 2.45) is 4.99 Å². The van der Waals surface area contributed by atoms with Crippen molar-refractivity contribution in [3.63, 3.8) is 0 Å². The summed E-state index contributed by atoms with van der Waals surface area (Å²) in [6, 6.07) is 5.46. The average Bonchev–Trinajstić information content (AvgIpc) is 3.01. The first kappa shape index (κ1) is 14.3. The molecule has 0 fully saturated rings. The number of amidine groups is 1. The monoisotopic (exact) mass is 298 g/mol. The molecule has 3 amide bonds. The third-order valence-electron chi connectivity index (χ3n) is 3.75. The molecule has 0 spiro atoms. The van der Waals surface area contributed by atoms with E-state index in [1.807, 2.05) is 12.1 Å². The first-order valence-electron chi connectivity index (χ1n) is 7.34. The zero-order chi connectivity index (χ0) is 15.7. The van der Waals surface area contributed by atoms with Gasteiger partial charge in [-0.3, -0.25) is 19.6 Å². The molecule has 0 aromatic heterocycles. The summed E-state index contributed by atoms with van der Waals surface area (Å²) in [6.45, 7) is 7.16. The molecule has 3 rings (SSSR count). The van der Waals surface area contributed by atoms with E-state index in [0.29, 0.717) is 37.6 Å². The molecule has 0 aliphatic carbocycles. The topological polar surface area (TPSA) is 65.0 Å². The van der Waals surface area contributed by atoms with Crippen LogP contribution in [0.1, 0.15) is 18.9 Å². The Hall–Kier alpha value is -2.63. The molecule has 6 nitrogen and oxygen atoms in total. The molecule has 114 valence electrons. The Morgan fingerprint density at radius 3 is 3.05 bits per heavy atom. The molecular weight excluding hydrogens is 280 g/mol. The van der Waals surface area contributed by atoms with Gasteiger partial charge in [-0.2, -0.15) is 0 Å². The molecule has 0 saturated carbocycles. The van der Waals surface area contributed by atoms with Gasteiger partial charge in [-0.1, -0.05) is 13.0 Å². The third kappa shape index (κ3) is 2.26. The lowest BCUT2D eigenvalue weighted by Gasteiger charge is -2.35. The number of hydrogen-bond donors (Lipinski definition) is 1. The number of nitrogens with zero attached hydrogens (tertiary/aromatic N) is 3. The molecule has 22 heavy (non-hydrogen) atoms. The van der Waals surface area contributed by atoms with E-state index in [2.05, 4.69) is 16.9 Å². The number of anilines is 2. The van der Waals surface area contributed by atoms with Crippen molar-refractivity contribution in [1.82, 2.24) is 4.90 Å². The van der Waals surface area contributed by atoms with Crippen molar-refractivity contribution in [2.75, 3.05) is 29.9 Å². The van der Waals surface area contributed by atoms with Crippen LogP contribution in [-0.2, 0) is 4.79 Å². The fourth-order valence-electron chi connectivity index (χ4n) is 2.70. The standard InChI is InChI=1S/C16H18N4O2/c1-3-8-19-13-6-5-11(18-14(21)4-2)10-12(13)15-17-7-9-20(15)16(19)22/h3,5-6,10H,1,4,7-9H2,2H3,(H,18,21). The predicted molar refractivity (Wildman–Crippen MR) is 86.4 cm³/mol. The summed E-state index contributed by atoms with van der Waals surface area (Å²) in [5.74, 6) is 0.646. The van der Waals surface area contributed by atoms with Gasteiger partial charge in [0, 0.05) is 30.8 Å². The summed E-state index contributed by atoms with van der Waals surface area (Å²) >= 11 is 0. The van der Waals surface area contributed by atoms with Gasteiger partial charge in [-0.15, -0.1) is 6.58 Å². The van der Waals surface area contributed by atoms with Crippen LogP contribution in [0.25, 0.3) is 0 Å². The Labute approximate surface area is 129 Å². The highest BCUT2D eigenvalue weighted by molar-refractivity contribution is 6.20. The predicted octanol–water partition coefficient (Wildman–Crippen LogP) is 2.22. The molecule has 2 heterocycles. The van der Waals surface area contributed by atoms with Crippen molar-refractivity contribution in [1.29, 1.82) is 0 Å². The maximum atomic E-state index is 12.5. The second-order valence-electron chi connectivity index (χ2n) is 5.17. The van der Waals surface area contributed by atoms with Crippen LogP contribution in [0.15, 0.2) is 35.8 Å². The molecule has 0 radical (unpaired) electrons. The van der Waals surface area contributed by atoms with E-state index in [4.69, 9.17) is 0 Å². The van der Waals surface area contributed by atoms with Gasteiger partial charge in [0.05, 0.1) is 12.2 Å². The summed E-state index contributed by atoms with van der Waals surface area (Å²) in [4.78, 5) is 31.9. The largest absolute Gasteiger partial charge is 0.330 e. The Bertz CT molecular complexity index is 681. The van der Waals surface area contributed by atoms with Crippen molar-refractivity contribution in [3.05, 3.63) is 36.4 Å². The quantitative estimate of drug-likeness (QED) is 0.866. The Balaban J connectivity index is 2.05. The highest BCUT2D eigenvalue weighted by atomic mass is 16.2. The number of hydrogen-bond acceptors (Lipinski definition) is 3. The first-order valence-corrected chi connectivity index (χ1v) is 7.34.